The molecular formula is C15H14N2S. The second kappa shape index (κ2) is 4.10. The Kier molecular flexibility index (Phi) is 2.56. The summed E-state index contributed by atoms with van der Waals surface area (Å²) in [5.74, 6) is 0. The Balaban J connectivity index is 2.44. The van der Waals surface area contributed by atoms with Crippen LogP contribution in [0.3, 0.4) is 0 Å². The number of aromatic nitrogens is 2. The van der Waals surface area contributed by atoms with E-state index in [1.807, 2.05) is 12.1 Å². The van der Waals surface area contributed by atoms with E-state index in [0.29, 0.717) is 0 Å². The number of nitrogens with one attached hydrogen (secondary N) is 1. The van der Waals surface area contributed by atoms with Crippen LogP contribution < -0.4 is 0 Å². The van der Waals surface area contributed by atoms with Gasteiger partial charge >= 0.3 is 0 Å². The van der Waals surface area contributed by atoms with Crippen LogP contribution in [0.1, 0.15) is 11.1 Å². The van der Waals surface area contributed by atoms with E-state index in [1.54, 1.807) is 0 Å². The van der Waals surface area contributed by atoms with Crippen LogP contribution in [-0.4, -0.2) is 9.55 Å². The molecule has 0 aliphatic heterocycles. The van der Waals surface area contributed by atoms with Gasteiger partial charge in [0.1, 0.15) is 0 Å². The van der Waals surface area contributed by atoms with Gasteiger partial charge in [-0.3, -0.25) is 4.57 Å². The van der Waals surface area contributed by atoms with Crippen LogP contribution in [0, 0.1) is 18.6 Å². The highest BCUT2D eigenvalue weighted by atomic mass is 32.1. The van der Waals surface area contributed by atoms with Crippen LogP contribution in [0.4, 0.5) is 0 Å². The van der Waals surface area contributed by atoms with Crippen LogP contribution in [0.5, 0.6) is 0 Å². The molecule has 1 heterocycles. The van der Waals surface area contributed by atoms with E-state index in [1.165, 1.54) is 11.1 Å². The van der Waals surface area contributed by atoms with E-state index in [-0.39, 0.29) is 0 Å². The molecule has 3 heteroatoms. The first-order chi connectivity index (χ1) is 8.68. The number of hydrogen-bond donors (Lipinski definition) is 1. The number of rotatable bonds is 1. The van der Waals surface area contributed by atoms with Crippen molar-refractivity contribution in [3.8, 4) is 5.69 Å². The third-order valence-electron chi connectivity index (χ3n) is 3.28. The highest BCUT2D eigenvalue weighted by molar-refractivity contribution is 7.71. The zero-order chi connectivity index (χ0) is 12.7. The molecule has 2 nitrogen and oxygen atoms in total. The number of nitrogens with zero attached hydrogens (tertiary/aromatic N) is 1. The van der Waals surface area contributed by atoms with Crippen molar-refractivity contribution in [3.05, 3.63) is 58.4 Å². The molecule has 0 saturated carbocycles. The molecule has 0 amide bonds. The first-order valence-electron chi connectivity index (χ1n) is 5.95. The zero-order valence-electron chi connectivity index (χ0n) is 10.4. The average molecular weight is 254 g/mol. The second-order valence-electron chi connectivity index (χ2n) is 4.52. The molecule has 1 aromatic heterocycles. The van der Waals surface area contributed by atoms with Crippen LogP contribution in [-0.2, 0) is 0 Å². The quantitative estimate of drug-likeness (QED) is 0.642. The SMILES string of the molecule is Cc1ccccc1-n1c(=S)[nH]c2c(C)cccc21. The highest BCUT2D eigenvalue weighted by Gasteiger charge is 2.09. The van der Waals surface area contributed by atoms with Gasteiger partial charge in [-0.2, -0.15) is 0 Å². The van der Waals surface area contributed by atoms with Gasteiger partial charge in [-0.1, -0.05) is 30.3 Å². The van der Waals surface area contributed by atoms with E-state index >= 15 is 0 Å². The minimum absolute atomic E-state index is 0.744. The Morgan fingerprint density at radius 2 is 1.67 bits per heavy atom. The molecular weight excluding hydrogens is 240 g/mol. The first kappa shape index (κ1) is 11.2. The summed E-state index contributed by atoms with van der Waals surface area (Å²) in [6.07, 6.45) is 0. The predicted octanol–water partition coefficient (Wildman–Crippen LogP) is 4.30. The van der Waals surface area contributed by atoms with Crippen molar-refractivity contribution in [1.29, 1.82) is 0 Å². The van der Waals surface area contributed by atoms with Crippen molar-refractivity contribution in [3.63, 3.8) is 0 Å². The Morgan fingerprint density at radius 3 is 2.44 bits per heavy atom. The first-order valence-corrected chi connectivity index (χ1v) is 6.35. The Morgan fingerprint density at radius 1 is 0.944 bits per heavy atom. The van der Waals surface area contributed by atoms with Gasteiger partial charge in [-0.25, -0.2) is 0 Å². The number of imidazole rings is 1. The van der Waals surface area contributed by atoms with Gasteiger partial charge in [-0.05, 0) is 49.3 Å². The van der Waals surface area contributed by atoms with Gasteiger partial charge in [-0.15, -0.1) is 0 Å². The molecule has 1 N–H and O–H groups in total. The third-order valence-corrected chi connectivity index (χ3v) is 3.57. The third kappa shape index (κ3) is 1.59. The largest absolute Gasteiger partial charge is 0.330 e. The lowest BCUT2D eigenvalue weighted by atomic mass is 10.2. The lowest BCUT2D eigenvalue weighted by molar-refractivity contribution is 1.05. The molecule has 3 aromatic rings. The molecule has 0 atom stereocenters. The molecule has 0 saturated heterocycles. The summed E-state index contributed by atoms with van der Waals surface area (Å²) in [5.41, 5.74) is 5.82. The summed E-state index contributed by atoms with van der Waals surface area (Å²) < 4.78 is 2.85. The highest BCUT2D eigenvalue weighted by Crippen LogP contribution is 2.23. The van der Waals surface area contributed by atoms with Gasteiger partial charge < -0.3 is 4.98 Å². The molecule has 0 aliphatic carbocycles. The second-order valence-corrected chi connectivity index (χ2v) is 4.91. The van der Waals surface area contributed by atoms with Gasteiger partial charge in [0.05, 0.1) is 16.7 Å². The predicted molar refractivity (Wildman–Crippen MR) is 77.9 cm³/mol. The van der Waals surface area contributed by atoms with Crippen molar-refractivity contribution >= 4 is 23.3 Å². The standard InChI is InChI=1S/C15H14N2S/c1-10-6-3-4-8-12(10)17-13-9-5-7-11(2)14(13)16-15(17)18/h3-9H,1-2H3,(H,16,18). The Bertz CT molecular complexity index is 781. The molecule has 0 bridgehead atoms. The Hall–Kier alpha value is -1.87. The molecule has 3 rings (SSSR count). The lowest BCUT2D eigenvalue weighted by Gasteiger charge is -2.08. The lowest BCUT2D eigenvalue weighted by Crippen LogP contribution is -1.96. The number of fused-ring (bicyclic) bond motifs is 1. The summed E-state index contributed by atoms with van der Waals surface area (Å²) in [4.78, 5) is 3.30. The van der Waals surface area contributed by atoms with Crippen molar-refractivity contribution < 1.29 is 0 Å². The molecule has 0 aliphatic rings. The molecule has 0 unspecified atom stereocenters. The maximum atomic E-state index is 5.46. The van der Waals surface area contributed by atoms with Gasteiger partial charge in [0.2, 0.25) is 0 Å². The van der Waals surface area contributed by atoms with Crippen molar-refractivity contribution in [2.45, 2.75) is 13.8 Å². The number of aromatic amines is 1. The van der Waals surface area contributed by atoms with Crippen LogP contribution in [0.2, 0.25) is 0 Å². The van der Waals surface area contributed by atoms with E-state index < -0.39 is 0 Å². The van der Waals surface area contributed by atoms with Crippen LogP contribution >= 0.6 is 12.2 Å². The minimum Gasteiger partial charge on any atom is -0.330 e. The summed E-state index contributed by atoms with van der Waals surface area (Å²) >= 11 is 5.46. The van der Waals surface area contributed by atoms with E-state index in [9.17, 15) is 0 Å². The normalized spacial score (nSPS) is 11.0. The smallest absolute Gasteiger partial charge is 0.182 e. The fourth-order valence-electron chi connectivity index (χ4n) is 2.33. The molecule has 2 aromatic carbocycles. The molecule has 0 radical (unpaired) electrons. The number of H-pyrrole nitrogens is 1. The topological polar surface area (TPSA) is 20.7 Å². The zero-order valence-corrected chi connectivity index (χ0v) is 11.2. The minimum atomic E-state index is 0.744. The van der Waals surface area contributed by atoms with Gasteiger partial charge in [0.15, 0.2) is 4.77 Å². The van der Waals surface area contributed by atoms with Crippen LogP contribution in [0.15, 0.2) is 42.5 Å². The maximum absolute atomic E-state index is 5.46. The number of hydrogen-bond acceptors (Lipinski definition) is 1. The number of benzene rings is 2. The monoisotopic (exact) mass is 254 g/mol. The molecule has 18 heavy (non-hydrogen) atoms. The Labute approximate surface area is 111 Å². The molecule has 0 spiro atoms. The van der Waals surface area contributed by atoms with E-state index in [4.69, 9.17) is 12.2 Å². The van der Waals surface area contributed by atoms with Crippen molar-refractivity contribution in [2.24, 2.45) is 0 Å². The summed E-state index contributed by atoms with van der Waals surface area (Å²) in [7, 11) is 0. The van der Waals surface area contributed by atoms with E-state index in [0.717, 1.165) is 21.5 Å². The number of para-hydroxylation sites is 2. The van der Waals surface area contributed by atoms with Crippen molar-refractivity contribution in [1.82, 2.24) is 9.55 Å². The number of aryl methyl sites for hydroxylation is 2. The maximum Gasteiger partial charge on any atom is 0.182 e. The summed E-state index contributed by atoms with van der Waals surface area (Å²) in [6, 6.07) is 14.5. The molecule has 90 valence electrons. The molecule has 0 fully saturated rings. The van der Waals surface area contributed by atoms with Crippen LogP contribution in [0.25, 0.3) is 16.7 Å². The summed E-state index contributed by atoms with van der Waals surface area (Å²) in [5, 5.41) is 0. The van der Waals surface area contributed by atoms with Gasteiger partial charge in [0, 0.05) is 0 Å². The van der Waals surface area contributed by atoms with Gasteiger partial charge in [0.25, 0.3) is 0 Å². The fraction of sp³-hybridized carbons (Fsp3) is 0.133. The summed E-state index contributed by atoms with van der Waals surface area (Å²) in [6.45, 7) is 4.20. The fourth-order valence-corrected chi connectivity index (χ4v) is 2.63. The van der Waals surface area contributed by atoms with E-state index in [2.05, 4.69) is 53.7 Å². The average Bonchev–Trinajstić information content (AvgIpc) is 2.68. The van der Waals surface area contributed by atoms with Crippen molar-refractivity contribution in [2.75, 3.05) is 0 Å².